The number of rotatable bonds is 4. The molecule has 0 spiro atoms. The van der Waals surface area contributed by atoms with Gasteiger partial charge in [-0.25, -0.2) is 9.67 Å². The van der Waals surface area contributed by atoms with Gasteiger partial charge < -0.3 is 9.32 Å². The molecule has 0 radical (unpaired) electrons. The van der Waals surface area contributed by atoms with Gasteiger partial charge in [0.25, 0.3) is 0 Å². The number of nitrogens with zero attached hydrogens (tertiary/aromatic N) is 5. The first-order valence-corrected chi connectivity index (χ1v) is 9.12. The van der Waals surface area contributed by atoms with Crippen LogP contribution in [0, 0.1) is 20.8 Å². The standard InChI is InChI=1S/C20H25N5O/c1-15-7-8-18(26-15)14-23-10-12-24(13-11-23)20-16(2)22-25(17(20)3)19-6-4-5-9-21-19/h4-9H,10-14H2,1-3H3. The molecule has 0 amide bonds. The van der Waals surface area contributed by atoms with E-state index in [9.17, 15) is 0 Å². The summed E-state index contributed by atoms with van der Waals surface area (Å²) in [5.74, 6) is 2.89. The van der Waals surface area contributed by atoms with Crippen molar-refractivity contribution >= 4 is 5.69 Å². The molecule has 1 saturated heterocycles. The Hall–Kier alpha value is -2.60. The lowest BCUT2D eigenvalue weighted by atomic mass is 10.2. The average molecular weight is 351 g/mol. The zero-order valence-corrected chi connectivity index (χ0v) is 15.6. The second kappa shape index (κ2) is 6.96. The number of furan rings is 1. The third-order valence-electron chi connectivity index (χ3n) is 4.98. The topological polar surface area (TPSA) is 50.3 Å². The highest BCUT2D eigenvalue weighted by atomic mass is 16.3. The predicted molar refractivity (Wildman–Crippen MR) is 102 cm³/mol. The van der Waals surface area contributed by atoms with Gasteiger partial charge in [0.15, 0.2) is 5.82 Å². The van der Waals surface area contributed by atoms with Gasteiger partial charge in [0, 0.05) is 32.4 Å². The van der Waals surface area contributed by atoms with Crippen LogP contribution in [0.15, 0.2) is 40.9 Å². The van der Waals surface area contributed by atoms with Crippen LogP contribution in [0.25, 0.3) is 5.82 Å². The van der Waals surface area contributed by atoms with Gasteiger partial charge in [-0.15, -0.1) is 0 Å². The third-order valence-corrected chi connectivity index (χ3v) is 4.98. The SMILES string of the molecule is Cc1ccc(CN2CCN(c3c(C)nn(-c4ccccn4)c3C)CC2)o1. The number of pyridine rings is 1. The Labute approximate surface area is 154 Å². The average Bonchev–Trinajstić information content (AvgIpc) is 3.19. The Morgan fingerprint density at radius 2 is 1.81 bits per heavy atom. The molecule has 3 aromatic rings. The molecule has 0 aliphatic carbocycles. The molecule has 0 N–H and O–H groups in total. The molecule has 26 heavy (non-hydrogen) atoms. The van der Waals surface area contributed by atoms with E-state index in [1.54, 1.807) is 6.20 Å². The number of anilines is 1. The van der Waals surface area contributed by atoms with Crippen LogP contribution in [0.4, 0.5) is 5.69 Å². The van der Waals surface area contributed by atoms with Crippen LogP contribution in [0.2, 0.25) is 0 Å². The molecule has 4 rings (SSSR count). The highest BCUT2D eigenvalue weighted by molar-refractivity contribution is 5.56. The quantitative estimate of drug-likeness (QED) is 0.723. The fourth-order valence-corrected chi connectivity index (χ4v) is 3.71. The Morgan fingerprint density at radius 1 is 1.00 bits per heavy atom. The van der Waals surface area contributed by atoms with Crippen LogP contribution in [0.3, 0.4) is 0 Å². The summed E-state index contributed by atoms with van der Waals surface area (Å²) in [4.78, 5) is 9.33. The van der Waals surface area contributed by atoms with E-state index in [0.29, 0.717) is 0 Å². The zero-order chi connectivity index (χ0) is 18.1. The summed E-state index contributed by atoms with van der Waals surface area (Å²) in [5, 5.41) is 4.73. The molecule has 0 aromatic carbocycles. The molecule has 1 fully saturated rings. The molecule has 3 aromatic heterocycles. The Morgan fingerprint density at radius 3 is 2.46 bits per heavy atom. The van der Waals surface area contributed by atoms with E-state index in [1.807, 2.05) is 35.9 Å². The van der Waals surface area contributed by atoms with Gasteiger partial charge in [0.1, 0.15) is 11.5 Å². The summed E-state index contributed by atoms with van der Waals surface area (Å²) in [5.41, 5.74) is 3.45. The Kier molecular flexibility index (Phi) is 4.51. The second-order valence-electron chi connectivity index (χ2n) is 6.89. The summed E-state index contributed by atoms with van der Waals surface area (Å²) >= 11 is 0. The predicted octanol–water partition coefficient (Wildman–Crippen LogP) is 3.11. The van der Waals surface area contributed by atoms with Gasteiger partial charge in [-0.2, -0.15) is 5.10 Å². The molecule has 136 valence electrons. The maximum absolute atomic E-state index is 5.71. The lowest BCUT2D eigenvalue weighted by Crippen LogP contribution is -2.46. The maximum atomic E-state index is 5.71. The van der Waals surface area contributed by atoms with Gasteiger partial charge in [-0.3, -0.25) is 4.90 Å². The van der Waals surface area contributed by atoms with Crippen LogP contribution < -0.4 is 4.90 Å². The van der Waals surface area contributed by atoms with Crippen molar-refractivity contribution in [1.82, 2.24) is 19.7 Å². The van der Waals surface area contributed by atoms with E-state index in [2.05, 4.69) is 34.7 Å². The van der Waals surface area contributed by atoms with E-state index in [0.717, 1.165) is 61.4 Å². The molecule has 0 unspecified atom stereocenters. The highest BCUT2D eigenvalue weighted by Gasteiger charge is 2.24. The van der Waals surface area contributed by atoms with Crippen LogP contribution >= 0.6 is 0 Å². The molecule has 0 saturated carbocycles. The van der Waals surface area contributed by atoms with Crippen LogP contribution in [-0.4, -0.2) is 45.8 Å². The van der Waals surface area contributed by atoms with Crippen LogP contribution in [0.1, 0.15) is 22.9 Å². The van der Waals surface area contributed by atoms with E-state index in [1.165, 1.54) is 5.69 Å². The van der Waals surface area contributed by atoms with Crippen molar-refractivity contribution in [2.45, 2.75) is 27.3 Å². The van der Waals surface area contributed by atoms with Gasteiger partial charge in [0.05, 0.1) is 23.6 Å². The fourth-order valence-electron chi connectivity index (χ4n) is 3.71. The van der Waals surface area contributed by atoms with Crippen molar-refractivity contribution < 1.29 is 4.42 Å². The smallest absolute Gasteiger partial charge is 0.153 e. The van der Waals surface area contributed by atoms with Gasteiger partial charge in [0.2, 0.25) is 0 Å². The number of piperazine rings is 1. The molecular weight excluding hydrogens is 326 g/mol. The van der Waals surface area contributed by atoms with Crippen molar-refractivity contribution in [3.63, 3.8) is 0 Å². The summed E-state index contributed by atoms with van der Waals surface area (Å²) in [6.45, 7) is 11.1. The molecule has 0 bridgehead atoms. The summed E-state index contributed by atoms with van der Waals surface area (Å²) in [7, 11) is 0. The Balaban J connectivity index is 1.47. The number of aryl methyl sites for hydroxylation is 2. The second-order valence-corrected chi connectivity index (χ2v) is 6.89. The normalized spacial score (nSPS) is 15.6. The minimum absolute atomic E-state index is 0.867. The molecule has 1 aliphatic heterocycles. The van der Waals surface area contributed by atoms with Gasteiger partial charge in [-0.1, -0.05) is 6.07 Å². The van der Waals surface area contributed by atoms with Crippen molar-refractivity contribution in [3.8, 4) is 5.82 Å². The summed E-state index contributed by atoms with van der Waals surface area (Å²) < 4.78 is 7.66. The van der Waals surface area contributed by atoms with Crippen LogP contribution in [-0.2, 0) is 6.54 Å². The first-order valence-electron chi connectivity index (χ1n) is 9.12. The number of hydrogen-bond donors (Lipinski definition) is 0. The minimum atomic E-state index is 0.867. The molecule has 1 aliphatic rings. The van der Waals surface area contributed by atoms with Gasteiger partial charge >= 0.3 is 0 Å². The first-order chi connectivity index (χ1) is 12.6. The molecule has 6 nitrogen and oxygen atoms in total. The van der Waals surface area contributed by atoms with Crippen molar-refractivity contribution in [2.24, 2.45) is 0 Å². The lowest BCUT2D eigenvalue weighted by molar-refractivity contribution is 0.229. The fraction of sp³-hybridized carbons (Fsp3) is 0.400. The monoisotopic (exact) mass is 351 g/mol. The zero-order valence-electron chi connectivity index (χ0n) is 15.6. The molecule has 4 heterocycles. The lowest BCUT2D eigenvalue weighted by Gasteiger charge is -2.35. The molecule has 6 heteroatoms. The van der Waals surface area contributed by atoms with E-state index < -0.39 is 0 Å². The molecular formula is C20H25N5O. The first kappa shape index (κ1) is 16.8. The van der Waals surface area contributed by atoms with E-state index in [4.69, 9.17) is 9.52 Å². The van der Waals surface area contributed by atoms with Crippen LogP contribution in [0.5, 0.6) is 0 Å². The van der Waals surface area contributed by atoms with Crippen molar-refractivity contribution in [2.75, 3.05) is 31.1 Å². The van der Waals surface area contributed by atoms with Gasteiger partial charge in [-0.05, 0) is 45.0 Å². The number of aromatic nitrogens is 3. The Bertz CT molecular complexity index is 875. The van der Waals surface area contributed by atoms with Crippen molar-refractivity contribution in [1.29, 1.82) is 0 Å². The summed E-state index contributed by atoms with van der Waals surface area (Å²) in [6.07, 6.45) is 1.81. The number of hydrogen-bond acceptors (Lipinski definition) is 5. The maximum Gasteiger partial charge on any atom is 0.153 e. The molecule has 0 atom stereocenters. The van der Waals surface area contributed by atoms with E-state index in [-0.39, 0.29) is 0 Å². The minimum Gasteiger partial charge on any atom is -0.465 e. The largest absolute Gasteiger partial charge is 0.465 e. The third kappa shape index (κ3) is 3.24. The summed E-state index contributed by atoms with van der Waals surface area (Å²) in [6, 6.07) is 10.0. The van der Waals surface area contributed by atoms with E-state index >= 15 is 0 Å². The van der Waals surface area contributed by atoms with Crippen molar-refractivity contribution in [3.05, 3.63) is 59.4 Å². The highest BCUT2D eigenvalue weighted by Crippen LogP contribution is 2.27.